The Kier molecular flexibility index (Phi) is 7.17. The van der Waals surface area contributed by atoms with Gasteiger partial charge < -0.3 is 10.1 Å². The highest BCUT2D eigenvalue weighted by atomic mass is 32.1. The highest BCUT2D eigenvalue weighted by Gasteiger charge is 2.19. The average molecular weight is 402 g/mol. The summed E-state index contributed by atoms with van der Waals surface area (Å²) >= 11 is 1.50. The maximum absolute atomic E-state index is 12.4. The van der Waals surface area contributed by atoms with Crippen molar-refractivity contribution in [1.29, 1.82) is 0 Å². The zero-order chi connectivity index (χ0) is 19.9. The fraction of sp³-hybridized carbons (Fsp3) is 0.476. The van der Waals surface area contributed by atoms with Crippen molar-refractivity contribution in [3.05, 3.63) is 40.9 Å². The number of methoxy groups -OCH3 is 1. The van der Waals surface area contributed by atoms with Gasteiger partial charge in [0.15, 0.2) is 10.9 Å². The summed E-state index contributed by atoms with van der Waals surface area (Å²) in [7, 11) is 1.53. The molecule has 1 unspecified atom stereocenters. The number of amides is 1. The molecule has 1 aromatic carbocycles. The lowest BCUT2D eigenvalue weighted by Crippen LogP contribution is -2.36. The van der Waals surface area contributed by atoms with Crippen LogP contribution in [0.3, 0.4) is 0 Å². The lowest BCUT2D eigenvalue weighted by atomic mass is 10.0. The van der Waals surface area contributed by atoms with Gasteiger partial charge in [-0.15, -0.1) is 11.3 Å². The molecular weight excluding hydrogens is 374 g/mol. The molecule has 1 N–H and O–H groups in total. The smallest absolute Gasteiger partial charge is 0.226 e. The number of carbonyl (C=O) groups excluding carboxylic acids is 2. The quantitative estimate of drug-likeness (QED) is 0.674. The number of anilines is 1. The van der Waals surface area contributed by atoms with E-state index in [1.807, 2.05) is 12.3 Å². The molecule has 0 aliphatic carbocycles. The molecule has 0 saturated carbocycles. The van der Waals surface area contributed by atoms with Crippen LogP contribution in [0, 0.1) is 0 Å². The Labute approximate surface area is 169 Å². The molecule has 6 nitrogen and oxygen atoms in total. The van der Waals surface area contributed by atoms with E-state index in [4.69, 9.17) is 4.74 Å². The number of aromatic nitrogens is 1. The monoisotopic (exact) mass is 401 g/mol. The molecule has 150 valence electrons. The standard InChI is InChI=1S/C21H27N3O3S/c1-15-7-5-6-12-24(15)14-16-13-22-21(28-16)23-20(26)11-10-18(25)17-8-3-4-9-19(17)27-2/h3-4,8-9,13,15H,5-7,10-12,14H2,1-2H3,(H,22,23,26). The Hall–Kier alpha value is -2.25. The van der Waals surface area contributed by atoms with E-state index >= 15 is 0 Å². The van der Waals surface area contributed by atoms with Crippen LogP contribution in [0.15, 0.2) is 30.5 Å². The molecule has 1 aliphatic heterocycles. The molecule has 0 spiro atoms. The maximum atomic E-state index is 12.4. The highest BCUT2D eigenvalue weighted by molar-refractivity contribution is 7.15. The van der Waals surface area contributed by atoms with E-state index in [2.05, 4.69) is 22.1 Å². The van der Waals surface area contributed by atoms with E-state index < -0.39 is 0 Å². The van der Waals surface area contributed by atoms with E-state index in [0.717, 1.165) is 18.0 Å². The van der Waals surface area contributed by atoms with Gasteiger partial charge in [-0.25, -0.2) is 4.98 Å². The number of ether oxygens (including phenoxy) is 1. The van der Waals surface area contributed by atoms with Crippen LogP contribution in [0.25, 0.3) is 0 Å². The summed E-state index contributed by atoms with van der Waals surface area (Å²) in [5.74, 6) is 0.228. The molecule has 2 heterocycles. The number of nitrogens with zero attached hydrogens (tertiary/aromatic N) is 2. The van der Waals surface area contributed by atoms with Gasteiger partial charge in [0.1, 0.15) is 5.75 Å². The number of para-hydroxylation sites is 1. The van der Waals surface area contributed by atoms with Gasteiger partial charge in [-0.3, -0.25) is 14.5 Å². The van der Waals surface area contributed by atoms with Gasteiger partial charge in [0, 0.05) is 36.5 Å². The van der Waals surface area contributed by atoms with Gasteiger partial charge in [-0.2, -0.15) is 0 Å². The SMILES string of the molecule is COc1ccccc1C(=O)CCC(=O)Nc1ncc(CN2CCCCC2C)s1. The van der Waals surface area contributed by atoms with E-state index in [9.17, 15) is 9.59 Å². The van der Waals surface area contributed by atoms with Crippen LogP contribution in [0.1, 0.15) is 54.3 Å². The van der Waals surface area contributed by atoms with Crippen molar-refractivity contribution in [3.63, 3.8) is 0 Å². The van der Waals surface area contributed by atoms with E-state index in [1.165, 1.54) is 37.7 Å². The van der Waals surface area contributed by atoms with Gasteiger partial charge in [0.05, 0.1) is 12.7 Å². The Morgan fingerprint density at radius 1 is 1.29 bits per heavy atom. The Morgan fingerprint density at radius 2 is 2.11 bits per heavy atom. The van der Waals surface area contributed by atoms with Crippen molar-refractivity contribution in [2.75, 3.05) is 19.0 Å². The van der Waals surface area contributed by atoms with Crippen LogP contribution in [0.2, 0.25) is 0 Å². The van der Waals surface area contributed by atoms with Crippen molar-refractivity contribution in [3.8, 4) is 5.75 Å². The minimum atomic E-state index is -0.199. The predicted molar refractivity (Wildman–Crippen MR) is 111 cm³/mol. The predicted octanol–water partition coefficient (Wildman–Crippen LogP) is 4.13. The fourth-order valence-electron chi connectivity index (χ4n) is 3.45. The zero-order valence-electron chi connectivity index (χ0n) is 16.4. The fourth-order valence-corrected chi connectivity index (χ4v) is 4.30. The summed E-state index contributed by atoms with van der Waals surface area (Å²) in [5.41, 5.74) is 0.505. The number of benzene rings is 1. The summed E-state index contributed by atoms with van der Waals surface area (Å²) in [4.78, 5) is 32.5. The first-order chi connectivity index (χ1) is 13.6. The van der Waals surface area contributed by atoms with E-state index in [1.54, 1.807) is 18.2 Å². The number of nitrogens with one attached hydrogen (secondary N) is 1. The van der Waals surface area contributed by atoms with Crippen molar-refractivity contribution >= 4 is 28.2 Å². The number of piperidine rings is 1. The second-order valence-electron chi connectivity index (χ2n) is 7.12. The number of Topliss-reactive ketones (excluding diaryl/α,β-unsaturated/α-hetero) is 1. The number of carbonyl (C=O) groups is 2. The Balaban J connectivity index is 1.48. The molecule has 1 atom stereocenters. The van der Waals surface area contributed by atoms with E-state index in [0.29, 0.717) is 22.5 Å². The zero-order valence-corrected chi connectivity index (χ0v) is 17.3. The molecule has 0 bridgehead atoms. The summed E-state index contributed by atoms with van der Waals surface area (Å²) in [6.45, 7) is 4.26. The topological polar surface area (TPSA) is 71.5 Å². The largest absolute Gasteiger partial charge is 0.496 e. The lowest BCUT2D eigenvalue weighted by molar-refractivity contribution is -0.116. The molecule has 0 radical (unpaired) electrons. The van der Waals surface area contributed by atoms with Gasteiger partial charge in [0.25, 0.3) is 0 Å². The molecule has 1 fully saturated rings. The van der Waals surface area contributed by atoms with Crippen LogP contribution in [-0.4, -0.2) is 41.3 Å². The number of rotatable bonds is 8. The maximum Gasteiger partial charge on any atom is 0.226 e. The average Bonchev–Trinajstić information content (AvgIpc) is 3.14. The number of hydrogen-bond donors (Lipinski definition) is 1. The van der Waals surface area contributed by atoms with Crippen LogP contribution >= 0.6 is 11.3 Å². The normalized spacial score (nSPS) is 17.3. The number of ketones is 1. The third-order valence-corrected chi connectivity index (χ3v) is 5.98. The molecular formula is C21H27N3O3S. The van der Waals surface area contributed by atoms with Gasteiger partial charge >= 0.3 is 0 Å². The van der Waals surface area contributed by atoms with Gasteiger partial charge in [-0.1, -0.05) is 18.6 Å². The summed E-state index contributed by atoms with van der Waals surface area (Å²) in [6, 6.07) is 7.65. The third-order valence-electron chi connectivity index (χ3n) is 5.09. The number of hydrogen-bond acceptors (Lipinski definition) is 6. The van der Waals surface area contributed by atoms with E-state index in [-0.39, 0.29) is 24.5 Å². The molecule has 1 saturated heterocycles. The van der Waals surface area contributed by atoms with Crippen molar-refractivity contribution in [1.82, 2.24) is 9.88 Å². The van der Waals surface area contributed by atoms with Crippen LogP contribution < -0.4 is 10.1 Å². The van der Waals surface area contributed by atoms with Crippen LogP contribution in [0.5, 0.6) is 5.75 Å². The second-order valence-corrected chi connectivity index (χ2v) is 8.23. The minimum absolute atomic E-state index is 0.105. The Morgan fingerprint density at radius 3 is 2.89 bits per heavy atom. The molecule has 1 amide bonds. The number of thiazole rings is 1. The lowest BCUT2D eigenvalue weighted by Gasteiger charge is -2.32. The number of likely N-dealkylation sites (tertiary alicyclic amines) is 1. The van der Waals surface area contributed by atoms with Gasteiger partial charge in [-0.05, 0) is 38.4 Å². The minimum Gasteiger partial charge on any atom is -0.496 e. The molecule has 3 rings (SSSR count). The first-order valence-corrected chi connectivity index (χ1v) is 10.5. The summed E-state index contributed by atoms with van der Waals surface area (Å²) in [5, 5.41) is 3.40. The molecule has 1 aromatic heterocycles. The highest BCUT2D eigenvalue weighted by Crippen LogP contribution is 2.24. The summed E-state index contributed by atoms with van der Waals surface area (Å²) in [6.07, 6.45) is 5.87. The van der Waals surface area contributed by atoms with Crippen LogP contribution in [0.4, 0.5) is 5.13 Å². The first-order valence-electron chi connectivity index (χ1n) is 9.71. The van der Waals surface area contributed by atoms with Crippen molar-refractivity contribution in [2.45, 2.75) is 51.6 Å². The van der Waals surface area contributed by atoms with Crippen molar-refractivity contribution < 1.29 is 14.3 Å². The third kappa shape index (κ3) is 5.39. The van der Waals surface area contributed by atoms with Crippen LogP contribution in [-0.2, 0) is 11.3 Å². The van der Waals surface area contributed by atoms with Crippen molar-refractivity contribution in [2.24, 2.45) is 0 Å². The summed E-state index contributed by atoms with van der Waals surface area (Å²) < 4.78 is 5.21. The Bertz CT molecular complexity index is 821. The first kappa shape index (κ1) is 20.5. The molecule has 7 heteroatoms. The molecule has 28 heavy (non-hydrogen) atoms. The molecule has 1 aliphatic rings. The second kappa shape index (κ2) is 9.80. The van der Waals surface area contributed by atoms with Gasteiger partial charge in [0.2, 0.25) is 5.91 Å². The molecule has 2 aromatic rings.